The van der Waals surface area contributed by atoms with Crippen molar-refractivity contribution in [2.75, 3.05) is 7.11 Å². The molecule has 0 amide bonds. The third kappa shape index (κ3) is 3.55. The van der Waals surface area contributed by atoms with Crippen LogP contribution in [0.25, 0.3) is 11.3 Å². The SMILES string of the molecule is COc1ccc(-c2nccnc2Cl)cc1S(=O)(=O)NC(C)C. The lowest BCUT2D eigenvalue weighted by molar-refractivity contribution is 0.402. The predicted molar refractivity (Wildman–Crippen MR) is 84.5 cm³/mol. The van der Waals surface area contributed by atoms with Crippen LogP contribution in [0, 0.1) is 0 Å². The quantitative estimate of drug-likeness (QED) is 0.903. The number of methoxy groups -OCH3 is 1. The first kappa shape index (κ1) is 16.7. The maximum Gasteiger partial charge on any atom is 0.244 e. The maximum absolute atomic E-state index is 12.4. The Bertz CT molecular complexity index is 779. The van der Waals surface area contributed by atoms with Gasteiger partial charge >= 0.3 is 0 Å². The van der Waals surface area contributed by atoms with Crippen LogP contribution >= 0.6 is 11.6 Å². The molecular formula is C14H16ClN3O3S. The van der Waals surface area contributed by atoms with Crippen LogP contribution in [0.3, 0.4) is 0 Å². The summed E-state index contributed by atoms with van der Waals surface area (Å²) in [4.78, 5) is 8.11. The highest BCUT2D eigenvalue weighted by Crippen LogP contribution is 2.31. The Hall–Kier alpha value is -1.70. The van der Waals surface area contributed by atoms with Crippen molar-refractivity contribution >= 4 is 21.6 Å². The van der Waals surface area contributed by atoms with E-state index >= 15 is 0 Å². The van der Waals surface area contributed by atoms with Gasteiger partial charge in [-0.1, -0.05) is 11.6 Å². The van der Waals surface area contributed by atoms with Crippen molar-refractivity contribution in [2.45, 2.75) is 24.8 Å². The van der Waals surface area contributed by atoms with Crippen LogP contribution in [0.15, 0.2) is 35.5 Å². The number of nitrogens with zero attached hydrogens (tertiary/aromatic N) is 2. The highest BCUT2D eigenvalue weighted by Gasteiger charge is 2.22. The normalized spacial score (nSPS) is 11.7. The average Bonchev–Trinajstić information content (AvgIpc) is 2.46. The lowest BCUT2D eigenvalue weighted by Crippen LogP contribution is -2.30. The van der Waals surface area contributed by atoms with Crippen molar-refractivity contribution in [3.05, 3.63) is 35.7 Å². The molecule has 0 aliphatic rings. The van der Waals surface area contributed by atoms with Crippen molar-refractivity contribution < 1.29 is 13.2 Å². The van der Waals surface area contributed by atoms with Gasteiger partial charge in [0.1, 0.15) is 16.3 Å². The van der Waals surface area contributed by atoms with Gasteiger partial charge in [0.2, 0.25) is 10.0 Å². The lowest BCUT2D eigenvalue weighted by Gasteiger charge is -2.14. The topological polar surface area (TPSA) is 81.2 Å². The summed E-state index contributed by atoms with van der Waals surface area (Å²) in [5.41, 5.74) is 0.954. The summed E-state index contributed by atoms with van der Waals surface area (Å²) >= 11 is 6.01. The Morgan fingerprint density at radius 1 is 1.23 bits per heavy atom. The molecule has 118 valence electrons. The van der Waals surface area contributed by atoms with Gasteiger partial charge in [-0.3, -0.25) is 4.98 Å². The molecule has 0 spiro atoms. The molecule has 1 aromatic heterocycles. The molecule has 1 N–H and O–H groups in total. The molecule has 2 rings (SSSR count). The fraction of sp³-hybridized carbons (Fsp3) is 0.286. The Morgan fingerprint density at radius 3 is 2.50 bits per heavy atom. The van der Waals surface area contributed by atoms with Crippen molar-refractivity contribution in [3.8, 4) is 17.0 Å². The van der Waals surface area contributed by atoms with E-state index in [1.54, 1.807) is 26.0 Å². The number of hydrogen-bond donors (Lipinski definition) is 1. The van der Waals surface area contributed by atoms with Crippen LogP contribution in [0.4, 0.5) is 0 Å². The van der Waals surface area contributed by atoms with E-state index in [4.69, 9.17) is 16.3 Å². The van der Waals surface area contributed by atoms with E-state index in [-0.39, 0.29) is 21.8 Å². The molecular weight excluding hydrogens is 326 g/mol. The monoisotopic (exact) mass is 341 g/mol. The summed E-state index contributed by atoms with van der Waals surface area (Å²) < 4.78 is 32.5. The molecule has 0 saturated heterocycles. The number of aromatic nitrogens is 2. The summed E-state index contributed by atoms with van der Waals surface area (Å²) in [7, 11) is -2.30. The van der Waals surface area contributed by atoms with Gasteiger partial charge in [-0.2, -0.15) is 0 Å². The van der Waals surface area contributed by atoms with E-state index in [2.05, 4.69) is 14.7 Å². The Kier molecular flexibility index (Phi) is 5.00. The minimum absolute atomic E-state index is 0.0305. The van der Waals surface area contributed by atoms with Gasteiger partial charge in [0.25, 0.3) is 0 Å². The van der Waals surface area contributed by atoms with Crippen LogP contribution in [0.1, 0.15) is 13.8 Å². The zero-order valence-electron chi connectivity index (χ0n) is 12.4. The number of hydrogen-bond acceptors (Lipinski definition) is 5. The van der Waals surface area contributed by atoms with Gasteiger partial charge in [0.05, 0.1) is 7.11 Å². The summed E-state index contributed by atoms with van der Waals surface area (Å²) in [6.45, 7) is 3.49. The van der Waals surface area contributed by atoms with Crippen LogP contribution in [0.5, 0.6) is 5.75 Å². The molecule has 1 heterocycles. The number of rotatable bonds is 5. The number of nitrogens with one attached hydrogen (secondary N) is 1. The summed E-state index contributed by atoms with van der Waals surface area (Å²) in [5, 5.41) is 0.202. The number of benzene rings is 1. The molecule has 0 bridgehead atoms. The molecule has 1 aromatic carbocycles. The molecule has 2 aromatic rings. The van der Waals surface area contributed by atoms with Gasteiger partial charge in [0, 0.05) is 24.0 Å². The minimum Gasteiger partial charge on any atom is -0.495 e. The standard InChI is InChI=1S/C14H16ClN3O3S/c1-9(2)18-22(19,20)12-8-10(4-5-11(12)21-3)13-14(15)17-7-6-16-13/h4-9,18H,1-3H3. The molecule has 8 heteroatoms. The second-order valence-corrected chi connectivity index (χ2v) is 6.88. The molecule has 22 heavy (non-hydrogen) atoms. The van der Waals surface area contributed by atoms with Crippen molar-refractivity contribution in [1.82, 2.24) is 14.7 Å². The van der Waals surface area contributed by atoms with Gasteiger partial charge in [-0.05, 0) is 32.0 Å². The fourth-order valence-electron chi connectivity index (χ4n) is 1.92. The lowest BCUT2D eigenvalue weighted by atomic mass is 10.1. The Balaban J connectivity index is 2.59. The van der Waals surface area contributed by atoms with Crippen LogP contribution in [0.2, 0.25) is 5.15 Å². The van der Waals surface area contributed by atoms with Crippen LogP contribution in [-0.4, -0.2) is 31.5 Å². The van der Waals surface area contributed by atoms with Gasteiger partial charge in [-0.25, -0.2) is 18.1 Å². The van der Waals surface area contributed by atoms with E-state index < -0.39 is 10.0 Å². The summed E-state index contributed by atoms with van der Waals surface area (Å²) in [6, 6.07) is 4.48. The fourth-order valence-corrected chi connectivity index (χ4v) is 3.58. The molecule has 0 unspecified atom stereocenters. The first-order chi connectivity index (χ1) is 10.3. The number of sulfonamides is 1. The van der Waals surface area contributed by atoms with Crippen LogP contribution < -0.4 is 9.46 Å². The highest BCUT2D eigenvalue weighted by atomic mass is 35.5. The Labute approximate surface area is 134 Å². The molecule has 0 fully saturated rings. The number of ether oxygens (including phenoxy) is 1. The van der Waals surface area contributed by atoms with Crippen molar-refractivity contribution in [2.24, 2.45) is 0 Å². The second kappa shape index (κ2) is 6.60. The Morgan fingerprint density at radius 2 is 1.91 bits per heavy atom. The van der Waals surface area contributed by atoms with Crippen molar-refractivity contribution in [3.63, 3.8) is 0 Å². The van der Waals surface area contributed by atoms with Gasteiger partial charge < -0.3 is 4.74 Å². The first-order valence-electron chi connectivity index (χ1n) is 6.52. The minimum atomic E-state index is -3.71. The highest BCUT2D eigenvalue weighted by molar-refractivity contribution is 7.89. The number of halogens is 1. The first-order valence-corrected chi connectivity index (χ1v) is 8.38. The summed E-state index contributed by atoms with van der Waals surface area (Å²) in [5.74, 6) is 0.247. The largest absolute Gasteiger partial charge is 0.495 e. The van der Waals surface area contributed by atoms with Gasteiger partial charge in [-0.15, -0.1) is 0 Å². The smallest absolute Gasteiger partial charge is 0.244 e. The third-order valence-corrected chi connectivity index (χ3v) is 4.73. The predicted octanol–water partition coefficient (Wildman–Crippen LogP) is 2.49. The molecule has 0 radical (unpaired) electrons. The van der Waals surface area contributed by atoms with E-state index in [1.165, 1.54) is 25.6 Å². The zero-order chi connectivity index (χ0) is 16.3. The maximum atomic E-state index is 12.4. The van der Waals surface area contributed by atoms with E-state index in [0.717, 1.165) is 0 Å². The third-order valence-electron chi connectivity index (χ3n) is 2.77. The average molecular weight is 342 g/mol. The molecule has 0 saturated carbocycles. The van der Waals surface area contributed by atoms with Crippen molar-refractivity contribution in [1.29, 1.82) is 0 Å². The second-order valence-electron chi connectivity index (χ2n) is 4.84. The summed E-state index contributed by atoms with van der Waals surface area (Å²) in [6.07, 6.45) is 2.96. The van der Waals surface area contributed by atoms with E-state index in [9.17, 15) is 8.42 Å². The molecule has 6 nitrogen and oxygen atoms in total. The molecule has 0 aliphatic carbocycles. The van der Waals surface area contributed by atoms with Crippen LogP contribution in [-0.2, 0) is 10.0 Å². The zero-order valence-corrected chi connectivity index (χ0v) is 13.9. The van der Waals surface area contributed by atoms with Gasteiger partial charge in [0.15, 0.2) is 5.15 Å². The van der Waals surface area contributed by atoms with E-state index in [1.807, 2.05) is 0 Å². The van der Waals surface area contributed by atoms with E-state index in [0.29, 0.717) is 11.3 Å². The molecule has 0 atom stereocenters. The molecule has 0 aliphatic heterocycles.